The summed E-state index contributed by atoms with van der Waals surface area (Å²) in [5.41, 5.74) is 0. The third-order valence-corrected chi connectivity index (χ3v) is 22.6. The summed E-state index contributed by atoms with van der Waals surface area (Å²) >= 11 is 0. The average Bonchev–Trinajstić information content (AvgIpc) is 0.768. The third kappa shape index (κ3) is 35.8. The zero-order valence-corrected chi connectivity index (χ0v) is 91.6. The van der Waals surface area contributed by atoms with Crippen LogP contribution in [0.15, 0.2) is 0 Å². The van der Waals surface area contributed by atoms with Crippen molar-refractivity contribution in [1.29, 1.82) is 0 Å². The summed E-state index contributed by atoms with van der Waals surface area (Å²) in [6, 6.07) is 0. The van der Waals surface area contributed by atoms with Crippen molar-refractivity contribution in [3.8, 4) is 0 Å². The first-order valence-corrected chi connectivity index (χ1v) is 43.8. The largest absolute Gasteiger partial charge is 1.00 e. The molecule has 21 heterocycles. The first-order valence-electron chi connectivity index (χ1n) is 34.5. The maximum atomic E-state index is 12.4. The maximum absolute atomic E-state index is 12.4. The van der Waals surface area contributed by atoms with Crippen LogP contribution in [-0.2, 0) is 235 Å². The van der Waals surface area contributed by atoms with Crippen LogP contribution in [-0.4, -0.2) is 452 Å². The molecule has 0 spiro atoms. The van der Waals surface area contributed by atoms with Gasteiger partial charge in [0, 0.05) is 99.5 Å². The van der Waals surface area contributed by atoms with Crippen LogP contribution < -0.4 is 207 Å². The SMILES string of the molecule is CO[C@@H]1[C@@H](OC)[C@H]2O[C@H]3[C@H](OC)[C@@H](OC)[C@@H](O[C@H]4[C@H](OC)[C@@H](OC)[C@@H](O[C@H]5[C@H](OC)[C@@H](OC)[C@@H](O[C@H]6[C@@H](OC)[C@H](OC)[C@@H](O[C@H]7[C@@H](OC)[C@H](OC)[C@@H](O[C@H]8[C@H](OC)[C@@H](OC)C(O[C@@H]1[C@H](COS(=O)(=O)[O-])O2)O[C@@H]8COS(=O)(=O)[O-])O[C@@H]7COS(=O)(=O)[O-])O[C@@H]6COS(=O)(=O)[O-])O[C@H]5COS(=O)(=O)[O-])O[C@H]4COS(=O)(=O)[O-])O[C@H]3COS(=O)(=O)[O-].[Na+].[Na+].[Na+].[Na+].[Na+].[Na+].[Na+]. The molecule has 21 fully saturated rings. The molecule has 21 rings (SSSR count). The molecule has 700 valence electrons. The number of methoxy groups -OCH3 is 14. The van der Waals surface area contributed by atoms with Gasteiger partial charge in [-0.25, -0.2) is 58.9 Å². The van der Waals surface area contributed by atoms with Gasteiger partial charge < -0.3 is 165 Å². The van der Waals surface area contributed by atoms with Crippen LogP contribution in [0.25, 0.3) is 0 Å². The van der Waals surface area contributed by atoms with Crippen molar-refractivity contribution in [1.82, 2.24) is 0 Å². The Morgan fingerprint density at radius 1 is 0.167 bits per heavy atom. The Balaban J connectivity index is 0.0000113. The molecule has 1 unspecified atom stereocenters. The van der Waals surface area contributed by atoms with E-state index in [9.17, 15) is 90.8 Å². The summed E-state index contributed by atoms with van der Waals surface area (Å²) in [5.74, 6) is 0. The molecule has 0 saturated carbocycles. The molecule has 0 aromatic rings. The van der Waals surface area contributed by atoms with Gasteiger partial charge in [-0.1, -0.05) is 0 Å². The molecule has 0 N–H and O–H groups in total. The van der Waals surface area contributed by atoms with E-state index >= 15 is 0 Å². The van der Waals surface area contributed by atoms with Crippen LogP contribution in [0.4, 0.5) is 0 Å². The average molecular weight is 2050 g/mol. The molecule has 0 amide bonds. The van der Waals surface area contributed by atoms with E-state index in [2.05, 4.69) is 0 Å². The van der Waals surface area contributed by atoms with E-state index in [1.807, 2.05) is 0 Å². The molecule has 70 heteroatoms. The summed E-state index contributed by atoms with van der Waals surface area (Å²) in [4.78, 5) is 0. The quantitative estimate of drug-likeness (QED) is 0.0323. The van der Waals surface area contributed by atoms with Crippen molar-refractivity contribution in [2.45, 2.75) is 215 Å². The molecule has 126 heavy (non-hydrogen) atoms. The van der Waals surface area contributed by atoms with Gasteiger partial charge in [-0.05, 0) is 0 Å². The van der Waals surface area contributed by atoms with E-state index in [0.717, 1.165) is 99.5 Å². The minimum atomic E-state index is -5.77. The van der Waals surface area contributed by atoms with Gasteiger partial charge in [0.05, 0.1) is 46.2 Å². The fourth-order valence-corrected chi connectivity index (χ4v) is 16.9. The van der Waals surface area contributed by atoms with Crippen LogP contribution in [0.1, 0.15) is 0 Å². The third-order valence-electron chi connectivity index (χ3n) is 19.6. The Labute approximate surface area is 881 Å². The van der Waals surface area contributed by atoms with Crippen LogP contribution in [0, 0.1) is 0 Å². The van der Waals surface area contributed by atoms with Crippen LogP contribution in [0.5, 0.6) is 0 Å². The van der Waals surface area contributed by atoms with Crippen molar-refractivity contribution < 1.29 is 460 Å². The van der Waals surface area contributed by atoms with Gasteiger partial charge in [0.1, 0.15) is 171 Å². The first-order chi connectivity index (χ1) is 55.7. The van der Waals surface area contributed by atoms with E-state index in [1.54, 1.807) is 0 Å². The van der Waals surface area contributed by atoms with Crippen molar-refractivity contribution >= 4 is 72.8 Å². The van der Waals surface area contributed by atoms with Crippen molar-refractivity contribution in [3.05, 3.63) is 0 Å². The fraction of sp³-hybridized carbons (Fsp3) is 1.00. The molecular weight excluding hydrogens is 1950 g/mol. The molecule has 0 aromatic carbocycles. The molecule has 56 nitrogen and oxygen atoms in total. The van der Waals surface area contributed by atoms with Crippen molar-refractivity contribution in [2.24, 2.45) is 0 Å². The topological polar surface area (TPSA) is 723 Å². The van der Waals surface area contributed by atoms with Gasteiger partial charge in [0.25, 0.3) is 0 Å². The molecule has 0 radical (unpaired) electrons. The molecule has 21 aliphatic rings. The van der Waals surface area contributed by atoms with E-state index < -0.39 is 334 Å². The second kappa shape index (κ2) is 57.5. The summed E-state index contributed by atoms with van der Waals surface area (Å²) in [5, 5.41) is 0. The molecule has 0 aromatic heterocycles. The normalized spacial score (nSPS) is 38.7. The van der Waals surface area contributed by atoms with Crippen LogP contribution >= 0.6 is 0 Å². The van der Waals surface area contributed by atoms with Crippen LogP contribution in [0.2, 0.25) is 0 Å². The fourth-order valence-electron chi connectivity index (χ4n) is 14.8. The van der Waals surface area contributed by atoms with Gasteiger partial charge in [-0.15, -0.1) is 0 Å². The van der Waals surface area contributed by atoms with Gasteiger partial charge in [-0.3, -0.25) is 29.3 Å². The zero-order chi connectivity index (χ0) is 88.4. The van der Waals surface area contributed by atoms with Gasteiger partial charge in [0.15, 0.2) is 44.0 Å². The Bertz CT molecular complexity index is 3320. The smallest absolute Gasteiger partial charge is 0.726 e. The van der Waals surface area contributed by atoms with E-state index in [0.29, 0.717) is 0 Å². The Kier molecular flexibility index (Phi) is 58.8. The number of hydrogen-bond acceptors (Lipinski definition) is 56. The van der Waals surface area contributed by atoms with E-state index in [4.69, 9.17) is 162 Å². The Hall–Kier alpha value is 4.97. The maximum Gasteiger partial charge on any atom is 1.00 e. The monoisotopic (exact) mass is 2040 g/mol. The first kappa shape index (κ1) is 129. The summed E-state index contributed by atoms with van der Waals surface area (Å²) in [6.07, 6.45) is -68.5. The molecule has 14 bridgehead atoms. The molecule has 21 saturated heterocycles. The number of ether oxygens (including phenoxy) is 28. The van der Waals surface area contributed by atoms with Gasteiger partial charge >= 0.3 is 207 Å². The Morgan fingerprint density at radius 3 is 0.325 bits per heavy atom. The zero-order valence-electron chi connectivity index (χ0n) is 71.9. The van der Waals surface area contributed by atoms with Crippen molar-refractivity contribution in [2.75, 3.05) is 146 Å². The number of hydrogen-bond donors (Lipinski definition) is 0. The van der Waals surface area contributed by atoms with E-state index in [1.165, 1.54) is 0 Å². The summed E-state index contributed by atoms with van der Waals surface area (Å²) in [6.45, 7) is -9.72. The second-order valence-electron chi connectivity index (χ2n) is 26.2. The predicted octanol–water partition coefficient (Wildman–Crippen LogP) is -30.7. The molecular formula is C56H91Na7O56S7. The van der Waals surface area contributed by atoms with Gasteiger partial charge in [0.2, 0.25) is 72.8 Å². The molecule has 35 atom stereocenters. The van der Waals surface area contributed by atoms with Gasteiger partial charge in [-0.2, -0.15) is 0 Å². The Morgan fingerprint density at radius 2 is 0.254 bits per heavy atom. The summed E-state index contributed by atoms with van der Waals surface area (Å²) in [7, 11) is -26.3. The standard InChI is InChI=1S/C56H98O56S7.7Na/c1-78-36-29-22(15-92-113(57,58)59)99-50(43(36)85-8)107-30-23(16-93-114(60,61)62)101-52(45(87-10)37(30)79-2)109-32-25(18-95-116(66,67)68)103-54(47(89-12)39(32)81-4)111-34-27(20-97-118(72,73)74)105-56(49(91-14)41(34)83-6)112-35-28(21-98-119(75,76)77)104-55(48(90-13)42(35)84-7)110-33-26(19-96-117(69,70)71)102-53(46(88-11)40(33)82-5)108-31-24(17-94-115(63,64)65)100-51(106-29)44(86-9)38(31)80-3;;;;;;;/h22-56H,15-21H2,1-14H3,(H,57,58,59)(H,60,61,62)(H,63,64,65)(H,66,67,68)(H,69,70,71)(H,72,73,74)(H,75,76,77);;;;;;;/q;7*+1/p-7/t22-,23-,24-,25-,26+,27+,28+,29+,30+,31+,32+,33+,34+,35+,36-,37-,38-,39-,40-,41+,42+,43+,44+,45+,46+,47+,48-,49-,50+,51+,52+,53?,54+,55+,56+;;;;;;;/m0......./s1. The van der Waals surface area contributed by atoms with Crippen molar-refractivity contribution in [3.63, 3.8) is 0 Å². The van der Waals surface area contributed by atoms with E-state index in [-0.39, 0.29) is 207 Å². The molecule has 0 aliphatic carbocycles. The van der Waals surface area contributed by atoms with Crippen LogP contribution in [0.3, 0.4) is 0 Å². The summed E-state index contributed by atoms with van der Waals surface area (Å²) < 4.78 is 466. The second-order valence-corrected chi connectivity index (χ2v) is 33.5. The molecule has 21 aliphatic heterocycles. The number of rotatable bonds is 35. The minimum absolute atomic E-state index is 0. The minimum Gasteiger partial charge on any atom is -0.726 e. The predicted molar refractivity (Wildman–Crippen MR) is 355 cm³/mol.